The Morgan fingerprint density at radius 3 is 2.81 bits per heavy atom. The van der Waals surface area contributed by atoms with Crippen molar-refractivity contribution < 1.29 is 19.5 Å². The highest BCUT2D eigenvalue weighted by atomic mass is 16.4. The number of hydrogen-bond acceptors (Lipinski definition) is 4. The van der Waals surface area contributed by atoms with Gasteiger partial charge in [0.25, 0.3) is 0 Å². The molecule has 3 amide bonds. The van der Waals surface area contributed by atoms with E-state index in [0.29, 0.717) is 16.6 Å². The molecule has 0 saturated carbocycles. The van der Waals surface area contributed by atoms with Gasteiger partial charge in [0.15, 0.2) is 0 Å². The van der Waals surface area contributed by atoms with Crippen molar-refractivity contribution in [1.29, 1.82) is 0 Å². The van der Waals surface area contributed by atoms with E-state index in [1.54, 1.807) is 12.1 Å². The van der Waals surface area contributed by atoms with E-state index in [9.17, 15) is 14.4 Å². The van der Waals surface area contributed by atoms with Crippen molar-refractivity contribution in [1.82, 2.24) is 10.3 Å². The Balaban J connectivity index is 2.01. The monoisotopic (exact) mass is 285 g/mol. The molecule has 1 aliphatic rings. The van der Waals surface area contributed by atoms with Crippen LogP contribution in [0.4, 0.5) is 10.5 Å². The molecule has 0 spiro atoms. The Hall–Kier alpha value is -2.96. The molecule has 106 valence electrons. The molecule has 7 nitrogen and oxygen atoms in total. The maximum atomic E-state index is 11.8. The molecule has 1 aromatic carbocycles. The average Bonchev–Trinajstić information content (AvgIpc) is 2.46. The molecular formula is C14H11N3O4. The maximum Gasteiger partial charge on any atom is 0.335 e. The van der Waals surface area contributed by atoms with E-state index in [1.165, 1.54) is 23.2 Å². The summed E-state index contributed by atoms with van der Waals surface area (Å²) in [5, 5.41) is 11.9. The van der Waals surface area contributed by atoms with Crippen molar-refractivity contribution in [3.05, 3.63) is 36.0 Å². The van der Waals surface area contributed by atoms with Crippen LogP contribution in [-0.2, 0) is 4.79 Å². The second-order valence-corrected chi connectivity index (χ2v) is 4.66. The van der Waals surface area contributed by atoms with E-state index < -0.39 is 12.0 Å². The number of nitrogens with one attached hydrogen (secondary N) is 1. The third-order valence-electron chi connectivity index (χ3n) is 3.28. The van der Waals surface area contributed by atoms with Gasteiger partial charge in [-0.15, -0.1) is 0 Å². The van der Waals surface area contributed by atoms with Crippen LogP contribution in [-0.4, -0.2) is 34.5 Å². The van der Waals surface area contributed by atoms with Crippen LogP contribution in [0.3, 0.4) is 0 Å². The van der Waals surface area contributed by atoms with Crippen LogP contribution < -0.4 is 10.2 Å². The second-order valence-electron chi connectivity index (χ2n) is 4.66. The van der Waals surface area contributed by atoms with Gasteiger partial charge in [-0.05, 0) is 24.3 Å². The first-order valence-electron chi connectivity index (χ1n) is 6.29. The fraction of sp³-hybridized carbons (Fsp3) is 0.143. The van der Waals surface area contributed by atoms with Gasteiger partial charge in [-0.25, -0.2) is 9.59 Å². The number of fused-ring (bicyclic) bond motifs is 1. The highest BCUT2D eigenvalue weighted by Gasteiger charge is 2.24. The van der Waals surface area contributed by atoms with Gasteiger partial charge < -0.3 is 5.11 Å². The number of rotatable bonds is 2. The summed E-state index contributed by atoms with van der Waals surface area (Å²) >= 11 is 0. The molecule has 0 atom stereocenters. The minimum atomic E-state index is -1.02. The summed E-state index contributed by atoms with van der Waals surface area (Å²) in [6.45, 7) is 0.274. The van der Waals surface area contributed by atoms with E-state index in [-0.39, 0.29) is 24.4 Å². The fourth-order valence-electron chi connectivity index (χ4n) is 2.21. The summed E-state index contributed by atoms with van der Waals surface area (Å²) in [6.07, 6.45) is 1.75. The topological polar surface area (TPSA) is 99.6 Å². The molecule has 2 aromatic rings. The number of anilines is 1. The molecule has 0 bridgehead atoms. The van der Waals surface area contributed by atoms with Crippen LogP contribution in [0.5, 0.6) is 0 Å². The van der Waals surface area contributed by atoms with Crippen LogP contribution in [0.25, 0.3) is 10.9 Å². The zero-order valence-electron chi connectivity index (χ0n) is 10.9. The standard InChI is InChI=1S/C14H11N3O4/c18-12-3-4-17(14(21)16-12)10-6-9-5-8(13(19)20)1-2-11(9)15-7-10/h1-2,5-7H,3-4H2,(H,19,20)(H,16,18,21). The number of carboxylic acid groups (broad SMARTS) is 1. The normalized spacial score (nSPS) is 15.1. The van der Waals surface area contributed by atoms with Gasteiger partial charge >= 0.3 is 12.0 Å². The summed E-state index contributed by atoms with van der Waals surface area (Å²) in [6, 6.07) is 5.78. The first kappa shape index (κ1) is 13.0. The number of carbonyl (C=O) groups excluding carboxylic acids is 2. The molecule has 1 aromatic heterocycles. The van der Waals surface area contributed by atoms with Gasteiger partial charge in [0.2, 0.25) is 5.91 Å². The summed E-state index contributed by atoms with van der Waals surface area (Å²) < 4.78 is 0. The van der Waals surface area contributed by atoms with Crippen molar-refractivity contribution in [2.75, 3.05) is 11.4 Å². The van der Waals surface area contributed by atoms with Crippen molar-refractivity contribution in [3.63, 3.8) is 0 Å². The molecule has 2 heterocycles. The van der Waals surface area contributed by atoms with Gasteiger partial charge in [-0.1, -0.05) is 0 Å². The molecule has 7 heteroatoms. The molecule has 0 aliphatic carbocycles. The number of carboxylic acids is 1. The lowest BCUT2D eigenvalue weighted by Crippen LogP contribution is -2.49. The predicted octanol–water partition coefficient (Wildman–Crippen LogP) is 1.38. The Bertz CT molecular complexity index is 772. The number of nitrogens with zero attached hydrogens (tertiary/aromatic N) is 2. The quantitative estimate of drug-likeness (QED) is 0.868. The van der Waals surface area contributed by atoms with Gasteiger partial charge in [0, 0.05) is 18.4 Å². The van der Waals surface area contributed by atoms with Crippen LogP contribution >= 0.6 is 0 Å². The van der Waals surface area contributed by atoms with E-state index in [1.807, 2.05) is 0 Å². The van der Waals surface area contributed by atoms with Crippen molar-refractivity contribution >= 4 is 34.5 Å². The first-order chi connectivity index (χ1) is 10.0. The minimum absolute atomic E-state index is 0.153. The highest BCUT2D eigenvalue weighted by Crippen LogP contribution is 2.22. The number of hydrogen-bond donors (Lipinski definition) is 2. The van der Waals surface area contributed by atoms with Crippen LogP contribution in [0.2, 0.25) is 0 Å². The van der Waals surface area contributed by atoms with Crippen molar-refractivity contribution in [2.45, 2.75) is 6.42 Å². The minimum Gasteiger partial charge on any atom is -0.478 e. The lowest BCUT2D eigenvalue weighted by atomic mass is 10.1. The molecule has 2 N–H and O–H groups in total. The predicted molar refractivity (Wildman–Crippen MR) is 74.2 cm³/mol. The Morgan fingerprint density at radius 1 is 1.29 bits per heavy atom. The molecule has 21 heavy (non-hydrogen) atoms. The van der Waals surface area contributed by atoms with Crippen molar-refractivity contribution in [2.24, 2.45) is 0 Å². The molecule has 1 fully saturated rings. The number of pyridine rings is 1. The zero-order chi connectivity index (χ0) is 15.0. The van der Waals surface area contributed by atoms with E-state index in [0.717, 1.165) is 0 Å². The average molecular weight is 285 g/mol. The smallest absolute Gasteiger partial charge is 0.335 e. The first-order valence-corrected chi connectivity index (χ1v) is 6.29. The van der Waals surface area contributed by atoms with Gasteiger partial charge in [0.05, 0.1) is 23.0 Å². The molecule has 1 saturated heterocycles. The van der Waals surface area contributed by atoms with Crippen LogP contribution in [0.15, 0.2) is 30.5 Å². The molecule has 3 rings (SSSR count). The number of amides is 3. The lowest BCUT2D eigenvalue weighted by Gasteiger charge is -2.26. The molecule has 0 unspecified atom stereocenters. The van der Waals surface area contributed by atoms with E-state index >= 15 is 0 Å². The fourth-order valence-corrected chi connectivity index (χ4v) is 2.21. The number of carbonyl (C=O) groups is 3. The Kier molecular flexibility index (Phi) is 3.02. The van der Waals surface area contributed by atoms with Gasteiger partial charge in [-0.2, -0.15) is 0 Å². The lowest BCUT2D eigenvalue weighted by molar-refractivity contribution is -0.120. The molecule has 0 radical (unpaired) electrons. The summed E-state index contributed by atoms with van der Waals surface area (Å²) in [5.74, 6) is -1.33. The number of urea groups is 1. The third-order valence-corrected chi connectivity index (χ3v) is 3.28. The highest BCUT2D eigenvalue weighted by molar-refractivity contribution is 6.06. The van der Waals surface area contributed by atoms with Gasteiger partial charge in [0.1, 0.15) is 0 Å². The number of aromatic nitrogens is 1. The number of aromatic carboxylic acids is 1. The Morgan fingerprint density at radius 2 is 2.10 bits per heavy atom. The zero-order valence-corrected chi connectivity index (χ0v) is 10.9. The molecular weight excluding hydrogens is 274 g/mol. The summed E-state index contributed by atoms with van der Waals surface area (Å²) in [4.78, 5) is 39.5. The Labute approximate surface area is 119 Å². The van der Waals surface area contributed by atoms with E-state index in [4.69, 9.17) is 5.11 Å². The van der Waals surface area contributed by atoms with Crippen LogP contribution in [0, 0.1) is 0 Å². The second kappa shape index (κ2) is 4.86. The maximum absolute atomic E-state index is 11.8. The number of imide groups is 1. The SMILES string of the molecule is O=C1CCN(c2cnc3ccc(C(=O)O)cc3c2)C(=O)N1. The van der Waals surface area contributed by atoms with E-state index in [2.05, 4.69) is 10.3 Å². The third kappa shape index (κ3) is 2.40. The van der Waals surface area contributed by atoms with Crippen LogP contribution in [0.1, 0.15) is 16.8 Å². The summed E-state index contributed by atoms with van der Waals surface area (Å²) in [7, 11) is 0. The van der Waals surface area contributed by atoms with Crippen molar-refractivity contribution in [3.8, 4) is 0 Å². The molecule has 1 aliphatic heterocycles. The largest absolute Gasteiger partial charge is 0.478 e. The summed E-state index contributed by atoms with van der Waals surface area (Å²) in [5.41, 5.74) is 1.31. The van der Waals surface area contributed by atoms with Gasteiger partial charge in [-0.3, -0.25) is 20.0 Å². The number of benzene rings is 1.